The minimum atomic E-state index is -1.14. The first-order valence-corrected chi connectivity index (χ1v) is 9.20. The zero-order valence-corrected chi connectivity index (χ0v) is 16.4. The summed E-state index contributed by atoms with van der Waals surface area (Å²) in [7, 11) is 0. The molecule has 27 heavy (non-hydrogen) atoms. The van der Waals surface area contributed by atoms with E-state index in [1.54, 1.807) is 13.3 Å². The number of aromatic nitrogens is 2. The molecule has 2 aromatic carbocycles. The van der Waals surface area contributed by atoms with E-state index >= 15 is 0 Å². The quantitative estimate of drug-likeness (QED) is 0.362. The number of rotatable bonds is 8. The summed E-state index contributed by atoms with van der Waals surface area (Å²) in [5.74, 6) is 0.684. The summed E-state index contributed by atoms with van der Waals surface area (Å²) in [5.41, 5.74) is 5.26. The van der Waals surface area contributed by atoms with Gasteiger partial charge in [0.05, 0.1) is 11.8 Å². The van der Waals surface area contributed by atoms with Crippen LogP contribution in [0.3, 0.4) is 0 Å². The molecule has 3 aromatic rings. The van der Waals surface area contributed by atoms with Crippen molar-refractivity contribution in [2.45, 2.75) is 33.4 Å². The molecular formula is C21H28N4O2. The highest BCUT2D eigenvalue weighted by atomic mass is 16.5. The van der Waals surface area contributed by atoms with Gasteiger partial charge in [-0.25, -0.2) is 4.98 Å². The zero-order chi connectivity index (χ0) is 19.4. The first-order chi connectivity index (χ1) is 12.9. The SMILES string of the molecule is Cc1cccc(C)c1NCCNC(C)(O)COc1ccc(C)c2nc[nH]c12. The van der Waals surface area contributed by atoms with Crippen LogP contribution >= 0.6 is 0 Å². The fourth-order valence-corrected chi connectivity index (χ4v) is 3.15. The smallest absolute Gasteiger partial charge is 0.147 e. The average molecular weight is 368 g/mol. The molecule has 0 bridgehead atoms. The number of aryl methyl sites for hydroxylation is 3. The van der Waals surface area contributed by atoms with Crippen LogP contribution in [0, 0.1) is 20.8 Å². The molecule has 6 nitrogen and oxygen atoms in total. The van der Waals surface area contributed by atoms with Crippen molar-refractivity contribution in [2.75, 3.05) is 25.0 Å². The van der Waals surface area contributed by atoms with Crippen LogP contribution in [0.15, 0.2) is 36.7 Å². The second-order valence-electron chi connectivity index (χ2n) is 7.19. The summed E-state index contributed by atoms with van der Waals surface area (Å²) in [4.78, 5) is 7.40. The van der Waals surface area contributed by atoms with E-state index in [-0.39, 0.29) is 6.61 Å². The Kier molecular flexibility index (Phi) is 5.68. The summed E-state index contributed by atoms with van der Waals surface area (Å²) in [5, 5.41) is 17.1. The maximum atomic E-state index is 10.6. The molecule has 0 aliphatic rings. The van der Waals surface area contributed by atoms with Crippen LogP contribution in [0.2, 0.25) is 0 Å². The van der Waals surface area contributed by atoms with Crippen LogP contribution in [0.1, 0.15) is 23.6 Å². The van der Waals surface area contributed by atoms with E-state index in [0.717, 1.165) is 22.3 Å². The van der Waals surface area contributed by atoms with Crippen molar-refractivity contribution < 1.29 is 9.84 Å². The Hall–Kier alpha value is -2.57. The Balaban J connectivity index is 1.51. The van der Waals surface area contributed by atoms with Gasteiger partial charge in [0.15, 0.2) is 0 Å². The van der Waals surface area contributed by atoms with E-state index in [1.165, 1.54) is 11.1 Å². The van der Waals surface area contributed by atoms with Crippen LogP contribution < -0.4 is 15.4 Å². The number of hydrogen-bond donors (Lipinski definition) is 4. The average Bonchev–Trinajstić information content (AvgIpc) is 3.11. The second-order valence-corrected chi connectivity index (χ2v) is 7.19. The third kappa shape index (κ3) is 4.59. The number of imidazole rings is 1. The zero-order valence-electron chi connectivity index (χ0n) is 16.4. The van der Waals surface area contributed by atoms with E-state index in [4.69, 9.17) is 4.74 Å². The standard InChI is InChI=1S/C21H28N4O2/c1-14-6-5-7-15(2)18(14)22-10-11-25-21(4,26)12-27-17-9-8-16(3)19-20(17)24-13-23-19/h5-9,13,22,25-26H,10-12H2,1-4H3,(H,23,24). The molecule has 1 heterocycles. The minimum absolute atomic E-state index is 0.133. The predicted molar refractivity (Wildman–Crippen MR) is 109 cm³/mol. The van der Waals surface area contributed by atoms with Gasteiger partial charge in [0.25, 0.3) is 0 Å². The van der Waals surface area contributed by atoms with Crippen molar-refractivity contribution in [3.8, 4) is 5.75 Å². The summed E-state index contributed by atoms with van der Waals surface area (Å²) >= 11 is 0. The molecule has 6 heteroatoms. The number of nitrogens with zero attached hydrogens (tertiary/aromatic N) is 1. The van der Waals surface area contributed by atoms with Gasteiger partial charge in [-0.05, 0) is 50.5 Å². The van der Waals surface area contributed by atoms with Gasteiger partial charge in [0, 0.05) is 18.8 Å². The number of fused-ring (bicyclic) bond motifs is 1. The van der Waals surface area contributed by atoms with Crippen LogP contribution in [0.4, 0.5) is 5.69 Å². The van der Waals surface area contributed by atoms with Gasteiger partial charge in [-0.3, -0.25) is 5.32 Å². The summed E-state index contributed by atoms with van der Waals surface area (Å²) in [6, 6.07) is 10.1. The molecule has 3 rings (SSSR count). The number of para-hydroxylation sites is 1. The summed E-state index contributed by atoms with van der Waals surface area (Å²) < 4.78 is 5.85. The number of aromatic amines is 1. The van der Waals surface area contributed by atoms with Crippen LogP contribution in [0.25, 0.3) is 11.0 Å². The van der Waals surface area contributed by atoms with Crippen molar-refractivity contribution in [3.63, 3.8) is 0 Å². The van der Waals surface area contributed by atoms with Gasteiger partial charge in [0.2, 0.25) is 0 Å². The monoisotopic (exact) mass is 368 g/mol. The third-order valence-electron chi connectivity index (χ3n) is 4.67. The van der Waals surface area contributed by atoms with Crippen molar-refractivity contribution in [2.24, 2.45) is 0 Å². The molecule has 0 aliphatic heterocycles. The Morgan fingerprint density at radius 3 is 2.56 bits per heavy atom. The molecule has 1 atom stereocenters. The number of ether oxygens (including phenoxy) is 1. The van der Waals surface area contributed by atoms with Crippen molar-refractivity contribution in [1.29, 1.82) is 0 Å². The van der Waals surface area contributed by atoms with Crippen LogP contribution in [0.5, 0.6) is 5.75 Å². The molecule has 0 saturated heterocycles. The normalized spacial score (nSPS) is 13.5. The minimum Gasteiger partial charge on any atom is -0.487 e. The molecule has 0 fully saturated rings. The molecule has 1 unspecified atom stereocenters. The maximum Gasteiger partial charge on any atom is 0.147 e. The Morgan fingerprint density at radius 1 is 1.07 bits per heavy atom. The lowest BCUT2D eigenvalue weighted by atomic mass is 10.1. The topological polar surface area (TPSA) is 82.2 Å². The number of H-pyrrole nitrogens is 1. The van der Waals surface area contributed by atoms with E-state index in [0.29, 0.717) is 18.8 Å². The highest BCUT2D eigenvalue weighted by molar-refractivity contribution is 5.84. The second kappa shape index (κ2) is 7.98. The van der Waals surface area contributed by atoms with Gasteiger partial charge >= 0.3 is 0 Å². The molecule has 0 amide bonds. The Bertz CT molecular complexity index is 897. The Labute approximate surface area is 160 Å². The molecule has 0 saturated carbocycles. The predicted octanol–water partition coefficient (Wildman–Crippen LogP) is 3.28. The largest absolute Gasteiger partial charge is 0.487 e. The highest BCUT2D eigenvalue weighted by Gasteiger charge is 2.21. The van der Waals surface area contributed by atoms with Crippen molar-refractivity contribution >= 4 is 16.7 Å². The lowest BCUT2D eigenvalue weighted by Gasteiger charge is -2.25. The van der Waals surface area contributed by atoms with Gasteiger partial charge in [-0.15, -0.1) is 0 Å². The lowest BCUT2D eigenvalue weighted by molar-refractivity contribution is -0.0165. The van der Waals surface area contributed by atoms with Crippen molar-refractivity contribution in [1.82, 2.24) is 15.3 Å². The summed E-state index contributed by atoms with van der Waals surface area (Å²) in [6.45, 7) is 9.34. The van der Waals surface area contributed by atoms with Crippen LogP contribution in [-0.2, 0) is 0 Å². The maximum absolute atomic E-state index is 10.6. The van der Waals surface area contributed by atoms with E-state index < -0.39 is 5.72 Å². The van der Waals surface area contributed by atoms with E-state index in [1.807, 2.05) is 19.1 Å². The van der Waals surface area contributed by atoms with Gasteiger partial charge in [-0.2, -0.15) is 0 Å². The molecular weight excluding hydrogens is 340 g/mol. The number of benzene rings is 2. The van der Waals surface area contributed by atoms with Gasteiger partial charge < -0.3 is 20.1 Å². The van der Waals surface area contributed by atoms with Gasteiger partial charge in [0.1, 0.15) is 23.6 Å². The number of anilines is 1. The fourth-order valence-electron chi connectivity index (χ4n) is 3.15. The fraction of sp³-hybridized carbons (Fsp3) is 0.381. The molecule has 0 aliphatic carbocycles. The van der Waals surface area contributed by atoms with E-state index in [2.05, 4.69) is 52.6 Å². The molecule has 1 aromatic heterocycles. The molecule has 0 spiro atoms. The first-order valence-electron chi connectivity index (χ1n) is 9.20. The molecule has 0 radical (unpaired) electrons. The van der Waals surface area contributed by atoms with Crippen molar-refractivity contribution in [3.05, 3.63) is 53.3 Å². The van der Waals surface area contributed by atoms with Crippen LogP contribution in [-0.4, -0.2) is 40.5 Å². The number of nitrogens with one attached hydrogen (secondary N) is 3. The summed E-state index contributed by atoms with van der Waals surface area (Å²) in [6.07, 6.45) is 1.65. The first kappa shape index (κ1) is 19.2. The Morgan fingerprint density at radius 2 is 1.81 bits per heavy atom. The number of hydrogen-bond acceptors (Lipinski definition) is 5. The molecule has 144 valence electrons. The third-order valence-corrected chi connectivity index (χ3v) is 4.67. The molecule has 4 N–H and O–H groups in total. The van der Waals surface area contributed by atoms with E-state index in [9.17, 15) is 5.11 Å². The highest BCUT2D eigenvalue weighted by Crippen LogP contribution is 2.25. The lowest BCUT2D eigenvalue weighted by Crippen LogP contribution is -2.48. The van der Waals surface area contributed by atoms with Gasteiger partial charge in [-0.1, -0.05) is 24.3 Å². The number of aliphatic hydroxyl groups is 1.